The molecule has 0 atom stereocenters. The highest BCUT2D eigenvalue weighted by Gasteiger charge is 2.15. The number of hydrogen-bond acceptors (Lipinski definition) is 3. The lowest BCUT2D eigenvalue weighted by molar-refractivity contribution is 0.380. The molecule has 21 heavy (non-hydrogen) atoms. The molecule has 1 aliphatic rings. The molecule has 3 N–H and O–H groups in total. The molecule has 2 rings (SSSR count). The lowest BCUT2D eigenvalue weighted by atomic mass is 9.96. The van der Waals surface area contributed by atoms with Crippen LogP contribution < -0.4 is 11.1 Å². The molecule has 0 saturated heterocycles. The highest BCUT2D eigenvalue weighted by atomic mass is 127. The molecule has 1 aliphatic carbocycles. The number of aryl methyl sites for hydroxylation is 2. The summed E-state index contributed by atoms with van der Waals surface area (Å²) in [5, 5.41) is 7.43. The SMILES string of the molecule is CCc1noc(CC)c1CN=C(N)NC1CCCCC1.I. The summed E-state index contributed by atoms with van der Waals surface area (Å²) in [6.45, 7) is 4.70. The number of aromatic nitrogens is 1. The van der Waals surface area contributed by atoms with Crippen LogP contribution in [-0.2, 0) is 19.4 Å². The molecule has 1 aromatic rings. The van der Waals surface area contributed by atoms with Crippen LogP contribution in [0.5, 0.6) is 0 Å². The van der Waals surface area contributed by atoms with Crippen LogP contribution in [-0.4, -0.2) is 17.2 Å². The van der Waals surface area contributed by atoms with E-state index in [1.54, 1.807) is 0 Å². The van der Waals surface area contributed by atoms with E-state index in [2.05, 4.69) is 29.3 Å². The van der Waals surface area contributed by atoms with Crippen molar-refractivity contribution in [2.24, 2.45) is 10.7 Å². The van der Waals surface area contributed by atoms with Gasteiger partial charge < -0.3 is 15.6 Å². The number of nitrogens with zero attached hydrogens (tertiary/aromatic N) is 2. The van der Waals surface area contributed by atoms with Gasteiger partial charge >= 0.3 is 0 Å². The van der Waals surface area contributed by atoms with Crippen molar-refractivity contribution in [3.8, 4) is 0 Å². The average Bonchev–Trinajstić information content (AvgIpc) is 2.88. The Labute approximate surface area is 144 Å². The zero-order valence-electron chi connectivity index (χ0n) is 13.0. The first-order chi connectivity index (χ1) is 9.74. The molecule has 0 aromatic carbocycles. The van der Waals surface area contributed by atoms with Gasteiger partial charge in [0, 0.05) is 18.0 Å². The summed E-state index contributed by atoms with van der Waals surface area (Å²) < 4.78 is 5.34. The van der Waals surface area contributed by atoms with E-state index in [4.69, 9.17) is 10.3 Å². The van der Waals surface area contributed by atoms with Crippen LogP contribution in [0.3, 0.4) is 0 Å². The van der Waals surface area contributed by atoms with Crippen molar-refractivity contribution in [1.29, 1.82) is 0 Å². The minimum Gasteiger partial charge on any atom is -0.370 e. The number of nitrogens with one attached hydrogen (secondary N) is 1. The van der Waals surface area contributed by atoms with Gasteiger partial charge in [-0.25, -0.2) is 4.99 Å². The summed E-state index contributed by atoms with van der Waals surface area (Å²) in [6.07, 6.45) is 8.02. The van der Waals surface area contributed by atoms with Gasteiger partial charge in [-0.2, -0.15) is 0 Å². The number of rotatable bonds is 5. The summed E-state index contributed by atoms with van der Waals surface area (Å²) in [5.41, 5.74) is 8.09. The lowest BCUT2D eigenvalue weighted by Crippen LogP contribution is -2.41. The van der Waals surface area contributed by atoms with Gasteiger partial charge in [0.2, 0.25) is 0 Å². The Hall–Kier alpha value is -0.790. The number of nitrogens with two attached hydrogens (primary N) is 1. The molecule has 1 saturated carbocycles. The standard InChI is InChI=1S/C15H26N4O.HI/c1-3-13-12(14(4-2)20-19-13)10-17-15(16)18-11-8-6-5-7-9-11;/h11H,3-10H2,1-2H3,(H3,16,17,18);1H. The van der Waals surface area contributed by atoms with E-state index >= 15 is 0 Å². The quantitative estimate of drug-likeness (QED) is 0.448. The lowest BCUT2D eigenvalue weighted by Gasteiger charge is -2.23. The van der Waals surface area contributed by atoms with Crippen LogP contribution in [0.1, 0.15) is 63.0 Å². The second kappa shape index (κ2) is 9.27. The molecule has 0 unspecified atom stereocenters. The van der Waals surface area contributed by atoms with Gasteiger partial charge in [-0.3, -0.25) is 0 Å². The Bertz CT molecular complexity index is 431. The van der Waals surface area contributed by atoms with Gasteiger partial charge in [0.15, 0.2) is 5.96 Å². The molecule has 5 nitrogen and oxygen atoms in total. The Kier molecular flexibility index (Phi) is 8.06. The van der Waals surface area contributed by atoms with Gasteiger partial charge in [0.1, 0.15) is 5.76 Å². The maximum atomic E-state index is 5.99. The molecule has 0 radical (unpaired) electrons. The Balaban J connectivity index is 0.00000220. The van der Waals surface area contributed by atoms with Crippen molar-refractivity contribution in [3.05, 3.63) is 17.0 Å². The Morgan fingerprint density at radius 2 is 2.00 bits per heavy atom. The van der Waals surface area contributed by atoms with Crippen LogP contribution >= 0.6 is 24.0 Å². The summed E-state index contributed by atoms with van der Waals surface area (Å²) in [5.74, 6) is 1.47. The van der Waals surface area contributed by atoms with Crippen LogP contribution in [0.4, 0.5) is 0 Å². The molecule has 1 aromatic heterocycles. The smallest absolute Gasteiger partial charge is 0.189 e. The highest BCUT2D eigenvalue weighted by Crippen LogP contribution is 2.18. The largest absolute Gasteiger partial charge is 0.370 e. The molecule has 120 valence electrons. The molecular weight excluding hydrogens is 379 g/mol. The van der Waals surface area contributed by atoms with Crippen LogP contribution in [0.25, 0.3) is 0 Å². The third-order valence-electron chi connectivity index (χ3n) is 3.97. The van der Waals surface area contributed by atoms with Crippen LogP contribution in [0.15, 0.2) is 9.52 Å². The normalized spacial score (nSPS) is 16.6. The molecule has 6 heteroatoms. The third kappa shape index (κ3) is 5.16. The molecule has 1 heterocycles. The highest BCUT2D eigenvalue weighted by molar-refractivity contribution is 14.0. The Morgan fingerprint density at radius 3 is 2.62 bits per heavy atom. The fourth-order valence-electron chi connectivity index (χ4n) is 2.78. The fraction of sp³-hybridized carbons (Fsp3) is 0.733. The van der Waals surface area contributed by atoms with E-state index in [0.29, 0.717) is 18.5 Å². The molecule has 0 spiro atoms. The zero-order chi connectivity index (χ0) is 14.4. The summed E-state index contributed by atoms with van der Waals surface area (Å²) in [6, 6.07) is 0.492. The average molecular weight is 406 g/mol. The minimum atomic E-state index is 0. The number of hydrogen-bond donors (Lipinski definition) is 2. The number of aliphatic imine (C=N–C) groups is 1. The summed E-state index contributed by atoms with van der Waals surface area (Å²) >= 11 is 0. The second-order valence-corrected chi connectivity index (χ2v) is 5.42. The summed E-state index contributed by atoms with van der Waals surface area (Å²) in [7, 11) is 0. The van der Waals surface area contributed by atoms with Crippen molar-refractivity contribution >= 4 is 29.9 Å². The van der Waals surface area contributed by atoms with Gasteiger partial charge in [0.25, 0.3) is 0 Å². The van der Waals surface area contributed by atoms with Gasteiger partial charge in [-0.1, -0.05) is 38.3 Å². The summed E-state index contributed by atoms with van der Waals surface area (Å²) in [4.78, 5) is 4.46. The van der Waals surface area contributed by atoms with Crippen molar-refractivity contribution in [3.63, 3.8) is 0 Å². The van der Waals surface area contributed by atoms with Gasteiger partial charge in [-0.05, 0) is 19.3 Å². The first-order valence-electron chi connectivity index (χ1n) is 7.77. The van der Waals surface area contributed by atoms with E-state index in [9.17, 15) is 0 Å². The van der Waals surface area contributed by atoms with Crippen LogP contribution in [0.2, 0.25) is 0 Å². The topological polar surface area (TPSA) is 76.4 Å². The Morgan fingerprint density at radius 1 is 1.29 bits per heavy atom. The molecule has 1 fully saturated rings. The van der Waals surface area contributed by atoms with Gasteiger partial charge in [-0.15, -0.1) is 24.0 Å². The number of halogens is 1. The molecule has 0 amide bonds. The third-order valence-corrected chi connectivity index (χ3v) is 3.97. The van der Waals surface area contributed by atoms with E-state index < -0.39 is 0 Å². The van der Waals surface area contributed by atoms with E-state index in [-0.39, 0.29) is 24.0 Å². The molecule has 0 aliphatic heterocycles. The second-order valence-electron chi connectivity index (χ2n) is 5.42. The van der Waals surface area contributed by atoms with E-state index in [1.165, 1.54) is 32.1 Å². The fourth-order valence-corrected chi connectivity index (χ4v) is 2.78. The monoisotopic (exact) mass is 406 g/mol. The first-order valence-corrected chi connectivity index (χ1v) is 7.77. The van der Waals surface area contributed by atoms with Crippen molar-refractivity contribution in [1.82, 2.24) is 10.5 Å². The van der Waals surface area contributed by atoms with Crippen LogP contribution in [0, 0.1) is 0 Å². The predicted octanol–water partition coefficient (Wildman–Crippen LogP) is 3.15. The van der Waals surface area contributed by atoms with Crippen molar-refractivity contribution in [2.45, 2.75) is 71.4 Å². The minimum absolute atomic E-state index is 0. The maximum Gasteiger partial charge on any atom is 0.189 e. The first kappa shape index (κ1) is 18.3. The van der Waals surface area contributed by atoms with Crippen molar-refractivity contribution in [2.75, 3.05) is 0 Å². The predicted molar refractivity (Wildman–Crippen MR) is 96.0 cm³/mol. The van der Waals surface area contributed by atoms with E-state index in [0.717, 1.165) is 29.9 Å². The van der Waals surface area contributed by atoms with E-state index in [1.807, 2.05) is 0 Å². The maximum absolute atomic E-state index is 5.99. The molecule has 0 bridgehead atoms. The zero-order valence-corrected chi connectivity index (χ0v) is 15.4. The van der Waals surface area contributed by atoms with Crippen molar-refractivity contribution < 1.29 is 4.52 Å². The molecular formula is C15H27IN4O. The number of guanidine groups is 1. The van der Waals surface area contributed by atoms with Gasteiger partial charge in [0.05, 0.1) is 12.2 Å².